The third-order valence-electron chi connectivity index (χ3n) is 6.29. The van der Waals surface area contributed by atoms with Gasteiger partial charge in [-0.15, -0.1) is 0 Å². The molecule has 182 valence electrons. The van der Waals surface area contributed by atoms with Crippen molar-refractivity contribution in [3.8, 4) is 5.88 Å². The standard InChI is InChI=1S/C24H26N6O4S/c1-34-21-3-2-16-22(29-21)17(4-7-25-16)28-23(33)14-5-8-30(9-6-14)12-19(31)15-10-18-24(26-11-15)35-13-20(32)27-18/h2-4,7,10-11,14,19,31H,5-6,8-9,12-13H2,1H3,(H,27,32)(H,25,28,33)/t19-/m1/s1. The van der Waals surface area contributed by atoms with Crippen molar-refractivity contribution in [1.82, 2.24) is 19.9 Å². The van der Waals surface area contributed by atoms with Gasteiger partial charge in [0.25, 0.3) is 0 Å². The van der Waals surface area contributed by atoms with E-state index in [-0.39, 0.29) is 17.7 Å². The minimum Gasteiger partial charge on any atom is -0.481 e. The number of rotatable bonds is 6. The van der Waals surface area contributed by atoms with Gasteiger partial charge in [-0.1, -0.05) is 11.8 Å². The molecule has 2 amide bonds. The van der Waals surface area contributed by atoms with Gasteiger partial charge in [-0.05, 0) is 44.1 Å². The number of carbonyl (C=O) groups is 2. The number of methoxy groups -OCH3 is 1. The smallest absolute Gasteiger partial charge is 0.234 e. The van der Waals surface area contributed by atoms with Crippen molar-refractivity contribution in [2.45, 2.75) is 24.0 Å². The first kappa shape index (κ1) is 23.5. The third kappa shape index (κ3) is 5.21. The van der Waals surface area contributed by atoms with Gasteiger partial charge in [0.05, 0.1) is 35.9 Å². The van der Waals surface area contributed by atoms with E-state index in [1.165, 1.54) is 11.8 Å². The highest BCUT2D eigenvalue weighted by molar-refractivity contribution is 8.00. The van der Waals surface area contributed by atoms with Crippen molar-refractivity contribution in [2.24, 2.45) is 5.92 Å². The number of amides is 2. The summed E-state index contributed by atoms with van der Waals surface area (Å²) in [6, 6.07) is 7.08. The molecule has 0 spiro atoms. The topological polar surface area (TPSA) is 130 Å². The first-order valence-corrected chi connectivity index (χ1v) is 12.4. The number of nitrogens with one attached hydrogen (secondary N) is 2. The van der Waals surface area contributed by atoms with Crippen LogP contribution in [0.1, 0.15) is 24.5 Å². The number of likely N-dealkylation sites (tertiary alicyclic amines) is 1. The molecule has 5 heterocycles. The molecular formula is C24H26N6O4S. The van der Waals surface area contributed by atoms with Crippen LogP contribution in [0, 0.1) is 5.92 Å². The number of aliphatic hydroxyl groups excluding tert-OH is 1. The van der Waals surface area contributed by atoms with Crippen LogP contribution in [0.15, 0.2) is 41.7 Å². The Bertz CT molecular complexity index is 1260. The van der Waals surface area contributed by atoms with Crippen molar-refractivity contribution in [2.75, 3.05) is 43.1 Å². The van der Waals surface area contributed by atoms with E-state index in [1.54, 1.807) is 37.7 Å². The number of nitrogens with zero attached hydrogens (tertiary/aromatic N) is 4. The maximum absolute atomic E-state index is 13.0. The Morgan fingerprint density at radius 2 is 2.14 bits per heavy atom. The summed E-state index contributed by atoms with van der Waals surface area (Å²) in [5.41, 5.74) is 3.20. The summed E-state index contributed by atoms with van der Waals surface area (Å²) in [4.78, 5) is 39.9. The van der Waals surface area contributed by atoms with E-state index < -0.39 is 6.10 Å². The van der Waals surface area contributed by atoms with E-state index in [0.29, 0.717) is 72.1 Å². The Balaban J connectivity index is 1.17. The number of ether oxygens (including phenoxy) is 1. The minimum atomic E-state index is -0.730. The van der Waals surface area contributed by atoms with Gasteiger partial charge in [0.1, 0.15) is 10.5 Å². The Kier molecular flexibility index (Phi) is 6.80. The Labute approximate surface area is 206 Å². The second kappa shape index (κ2) is 10.1. The molecule has 0 saturated carbocycles. The molecule has 3 aromatic heterocycles. The fourth-order valence-corrected chi connectivity index (χ4v) is 5.09. The molecule has 0 bridgehead atoms. The number of thioether (sulfide) groups is 1. The number of anilines is 2. The van der Waals surface area contributed by atoms with E-state index in [4.69, 9.17) is 4.74 Å². The largest absolute Gasteiger partial charge is 0.481 e. The SMILES string of the molecule is COc1ccc2nccc(NC(=O)C3CCN(C[C@@H](O)c4cnc5c(c4)NC(=O)CS5)CC3)c2n1. The maximum Gasteiger partial charge on any atom is 0.234 e. The van der Waals surface area contributed by atoms with Crippen LogP contribution in [0.5, 0.6) is 5.88 Å². The Morgan fingerprint density at radius 3 is 2.94 bits per heavy atom. The van der Waals surface area contributed by atoms with E-state index in [2.05, 4.69) is 30.5 Å². The highest BCUT2D eigenvalue weighted by Crippen LogP contribution is 2.32. The van der Waals surface area contributed by atoms with Crippen LogP contribution in [0.4, 0.5) is 11.4 Å². The summed E-state index contributed by atoms with van der Waals surface area (Å²) in [5, 5.41) is 17.3. The molecule has 1 atom stereocenters. The molecule has 5 rings (SSSR count). The summed E-state index contributed by atoms with van der Waals surface area (Å²) in [5.74, 6) is 0.574. The van der Waals surface area contributed by atoms with Crippen molar-refractivity contribution >= 4 is 46.0 Å². The average Bonchev–Trinajstić information content (AvgIpc) is 2.88. The monoisotopic (exact) mass is 494 g/mol. The number of β-amino-alcohol motifs (C(OH)–C–C–N with tert-alkyl or cyclic N) is 1. The van der Waals surface area contributed by atoms with Crippen LogP contribution in [0.25, 0.3) is 11.0 Å². The third-order valence-corrected chi connectivity index (χ3v) is 7.29. The molecule has 0 radical (unpaired) electrons. The molecule has 0 aromatic carbocycles. The predicted octanol–water partition coefficient (Wildman–Crippen LogP) is 2.46. The van der Waals surface area contributed by atoms with E-state index in [0.717, 1.165) is 5.03 Å². The Morgan fingerprint density at radius 1 is 1.31 bits per heavy atom. The van der Waals surface area contributed by atoms with Crippen molar-refractivity contribution in [3.05, 3.63) is 42.2 Å². The maximum atomic E-state index is 13.0. The minimum absolute atomic E-state index is 0.0468. The number of hydrogen-bond donors (Lipinski definition) is 3. The van der Waals surface area contributed by atoms with Gasteiger partial charge in [-0.2, -0.15) is 0 Å². The van der Waals surface area contributed by atoms with Crippen LogP contribution in [-0.4, -0.2) is 69.3 Å². The first-order chi connectivity index (χ1) is 17.0. The van der Waals surface area contributed by atoms with Crippen molar-refractivity contribution in [1.29, 1.82) is 0 Å². The summed E-state index contributed by atoms with van der Waals surface area (Å²) >= 11 is 1.39. The number of piperidine rings is 1. The van der Waals surface area contributed by atoms with E-state index in [1.807, 2.05) is 6.07 Å². The number of carbonyl (C=O) groups excluding carboxylic acids is 2. The average molecular weight is 495 g/mol. The highest BCUT2D eigenvalue weighted by Gasteiger charge is 2.27. The van der Waals surface area contributed by atoms with Gasteiger partial charge >= 0.3 is 0 Å². The molecule has 3 aromatic rings. The number of aromatic nitrogens is 3. The molecule has 1 saturated heterocycles. The van der Waals surface area contributed by atoms with Crippen LogP contribution in [0.3, 0.4) is 0 Å². The lowest BCUT2D eigenvalue weighted by Crippen LogP contribution is -2.40. The first-order valence-electron chi connectivity index (χ1n) is 11.4. The predicted molar refractivity (Wildman–Crippen MR) is 132 cm³/mol. The number of pyridine rings is 3. The molecule has 1 fully saturated rings. The summed E-state index contributed by atoms with van der Waals surface area (Å²) in [7, 11) is 1.55. The number of aliphatic hydroxyl groups is 1. The second-order valence-corrected chi connectivity index (χ2v) is 9.58. The van der Waals surface area contributed by atoms with Gasteiger partial charge in [-0.3, -0.25) is 14.6 Å². The van der Waals surface area contributed by atoms with Gasteiger partial charge in [-0.25, -0.2) is 9.97 Å². The fourth-order valence-electron chi connectivity index (χ4n) is 4.36. The number of fused-ring (bicyclic) bond motifs is 2. The van der Waals surface area contributed by atoms with Gasteiger partial charge in [0.2, 0.25) is 17.7 Å². The van der Waals surface area contributed by atoms with Crippen molar-refractivity contribution < 1.29 is 19.4 Å². The van der Waals surface area contributed by atoms with Crippen LogP contribution >= 0.6 is 11.8 Å². The summed E-state index contributed by atoms with van der Waals surface area (Å²) in [6.07, 6.45) is 3.96. The van der Waals surface area contributed by atoms with Gasteiger partial charge in [0, 0.05) is 36.5 Å². The van der Waals surface area contributed by atoms with Crippen LogP contribution < -0.4 is 15.4 Å². The molecule has 35 heavy (non-hydrogen) atoms. The molecule has 3 N–H and O–H groups in total. The van der Waals surface area contributed by atoms with E-state index in [9.17, 15) is 14.7 Å². The van der Waals surface area contributed by atoms with Gasteiger partial charge in [0.15, 0.2) is 0 Å². The van der Waals surface area contributed by atoms with E-state index >= 15 is 0 Å². The molecule has 0 aliphatic carbocycles. The lowest BCUT2D eigenvalue weighted by molar-refractivity contribution is -0.121. The van der Waals surface area contributed by atoms with Crippen LogP contribution in [0.2, 0.25) is 0 Å². The molecule has 11 heteroatoms. The molecule has 0 unspecified atom stereocenters. The second-order valence-electron chi connectivity index (χ2n) is 8.62. The van der Waals surface area contributed by atoms with Crippen LogP contribution in [-0.2, 0) is 9.59 Å². The Hall–Kier alpha value is -3.28. The summed E-state index contributed by atoms with van der Waals surface area (Å²) in [6.45, 7) is 1.83. The molecular weight excluding hydrogens is 468 g/mol. The normalized spacial score (nSPS) is 17.5. The lowest BCUT2D eigenvalue weighted by atomic mass is 9.95. The molecule has 2 aliphatic rings. The number of hydrogen-bond acceptors (Lipinski definition) is 9. The molecule has 10 nitrogen and oxygen atoms in total. The highest BCUT2D eigenvalue weighted by atomic mass is 32.2. The quantitative estimate of drug-likeness (QED) is 0.473. The van der Waals surface area contributed by atoms with Gasteiger partial charge < -0.3 is 25.4 Å². The summed E-state index contributed by atoms with van der Waals surface area (Å²) < 4.78 is 5.21. The zero-order valence-corrected chi connectivity index (χ0v) is 20.0. The zero-order chi connectivity index (χ0) is 24.4. The van der Waals surface area contributed by atoms with Crippen molar-refractivity contribution in [3.63, 3.8) is 0 Å². The fraction of sp³-hybridized carbons (Fsp3) is 0.375. The zero-order valence-electron chi connectivity index (χ0n) is 19.2. The molecule has 2 aliphatic heterocycles. The lowest BCUT2D eigenvalue weighted by Gasteiger charge is -2.32.